The van der Waals surface area contributed by atoms with Crippen LogP contribution in [0.15, 0.2) is 52.6 Å². The number of hydrogen-bond donors (Lipinski definition) is 1. The highest BCUT2D eigenvalue weighted by atomic mass is 79.9. The molecule has 2 aliphatic carbocycles. The normalized spacial score (nSPS) is 28.2. The van der Waals surface area contributed by atoms with Gasteiger partial charge in [0.25, 0.3) is 0 Å². The molecule has 0 radical (unpaired) electrons. The topological polar surface area (TPSA) is 63.6 Å². The van der Waals surface area contributed by atoms with Crippen LogP contribution >= 0.6 is 31.9 Å². The van der Waals surface area contributed by atoms with Gasteiger partial charge in [-0.3, -0.25) is 9.59 Å². The number of benzene rings is 1. The Hall–Kier alpha value is -1.66. The van der Waals surface area contributed by atoms with Crippen LogP contribution in [0, 0.1) is 5.92 Å². The molecule has 0 bridgehead atoms. The van der Waals surface area contributed by atoms with Crippen LogP contribution in [0.5, 0.6) is 11.5 Å². The van der Waals surface area contributed by atoms with E-state index in [4.69, 9.17) is 4.74 Å². The number of halogens is 2. The molecule has 3 rings (SSSR count). The molecule has 26 heavy (non-hydrogen) atoms. The summed E-state index contributed by atoms with van der Waals surface area (Å²) >= 11 is 7.05. The lowest BCUT2D eigenvalue weighted by molar-refractivity contribution is -0.128. The molecule has 1 aromatic rings. The van der Waals surface area contributed by atoms with Gasteiger partial charge in [0, 0.05) is 21.9 Å². The van der Waals surface area contributed by atoms with Gasteiger partial charge in [-0.1, -0.05) is 50.6 Å². The summed E-state index contributed by atoms with van der Waals surface area (Å²) in [5, 5.41) is 10.7. The van der Waals surface area contributed by atoms with Crippen molar-refractivity contribution in [2.45, 2.75) is 23.6 Å². The minimum atomic E-state index is -1.18. The van der Waals surface area contributed by atoms with Crippen LogP contribution in [-0.4, -0.2) is 28.1 Å². The molecule has 1 aromatic carbocycles. The van der Waals surface area contributed by atoms with E-state index in [1.165, 1.54) is 13.2 Å². The van der Waals surface area contributed by atoms with Gasteiger partial charge in [0.05, 0.1) is 7.11 Å². The van der Waals surface area contributed by atoms with E-state index in [0.29, 0.717) is 22.0 Å². The van der Waals surface area contributed by atoms with Crippen molar-refractivity contribution in [2.24, 2.45) is 5.92 Å². The maximum absolute atomic E-state index is 13.0. The number of alkyl halides is 1. The van der Waals surface area contributed by atoms with Gasteiger partial charge in [-0.15, -0.1) is 0 Å². The van der Waals surface area contributed by atoms with Crippen LogP contribution in [0.3, 0.4) is 0 Å². The van der Waals surface area contributed by atoms with E-state index < -0.39 is 16.2 Å². The molecule has 3 atom stereocenters. The second-order valence-electron chi connectivity index (χ2n) is 6.50. The Morgan fingerprint density at radius 1 is 1.38 bits per heavy atom. The lowest BCUT2D eigenvalue weighted by atomic mass is 9.62. The van der Waals surface area contributed by atoms with Crippen molar-refractivity contribution in [1.82, 2.24) is 0 Å². The quantitative estimate of drug-likeness (QED) is 0.640. The molecule has 0 spiro atoms. The fourth-order valence-corrected chi connectivity index (χ4v) is 5.30. The van der Waals surface area contributed by atoms with Gasteiger partial charge in [-0.05, 0) is 42.7 Å². The van der Waals surface area contributed by atoms with Gasteiger partial charge in [0.1, 0.15) is 4.32 Å². The summed E-state index contributed by atoms with van der Waals surface area (Å²) in [6, 6.07) is 3.39. The Labute approximate surface area is 168 Å². The van der Waals surface area contributed by atoms with Gasteiger partial charge >= 0.3 is 0 Å². The minimum Gasteiger partial charge on any atom is -0.504 e. The average Bonchev–Trinajstić information content (AvgIpc) is 2.61. The maximum Gasteiger partial charge on any atom is 0.174 e. The molecule has 0 amide bonds. The number of rotatable bonds is 3. The standard InChI is InChI=1S/C20H18Br2O4/c1-4-11-5-6-14-18(24)10(2)7-16(23)20(14,22)17(11)13-8-12(21)9-15(26-3)19(13)25/h4-5,7-9,14,17,25H,1,6H2,2-3H3/t14-,17+,20+/m0/s1. The highest BCUT2D eigenvalue weighted by Gasteiger charge is 2.57. The number of ketones is 2. The summed E-state index contributed by atoms with van der Waals surface area (Å²) < 4.78 is 4.78. The molecule has 136 valence electrons. The van der Waals surface area contributed by atoms with Crippen molar-refractivity contribution in [2.75, 3.05) is 7.11 Å². The maximum atomic E-state index is 13.0. The lowest BCUT2D eigenvalue weighted by Gasteiger charge is -2.45. The Morgan fingerprint density at radius 2 is 2.08 bits per heavy atom. The van der Waals surface area contributed by atoms with Crippen LogP contribution in [-0.2, 0) is 9.59 Å². The van der Waals surface area contributed by atoms with Crippen molar-refractivity contribution in [3.8, 4) is 11.5 Å². The number of aromatic hydroxyl groups is 1. The average molecular weight is 482 g/mol. The second kappa shape index (κ2) is 6.82. The lowest BCUT2D eigenvalue weighted by Crippen LogP contribution is -2.52. The van der Waals surface area contributed by atoms with E-state index in [2.05, 4.69) is 38.4 Å². The van der Waals surface area contributed by atoms with E-state index in [1.54, 1.807) is 25.1 Å². The third kappa shape index (κ3) is 2.70. The first-order chi connectivity index (χ1) is 12.2. The molecule has 4 nitrogen and oxygen atoms in total. The van der Waals surface area contributed by atoms with Crippen molar-refractivity contribution in [1.29, 1.82) is 0 Å². The van der Waals surface area contributed by atoms with E-state index in [1.807, 2.05) is 6.08 Å². The number of carbonyl (C=O) groups excluding carboxylic acids is 2. The number of phenolic OH excluding ortho intramolecular Hbond substituents is 1. The van der Waals surface area contributed by atoms with Crippen LogP contribution in [0.1, 0.15) is 24.8 Å². The zero-order valence-electron chi connectivity index (χ0n) is 14.4. The third-order valence-corrected chi connectivity index (χ3v) is 6.98. The summed E-state index contributed by atoms with van der Waals surface area (Å²) in [7, 11) is 1.46. The van der Waals surface area contributed by atoms with Gasteiger partial charge in [-0.25, -0.2) is 0 Å². The van der Waals surface area contributed by atoms with E-state index in [9.17, 15) is 14.7 Å². The molecular formula is C20H18Br2O4. The van der Waals surface area contributed by atoms with Crippen LogP contribution in [0.2, 0.25) is 0 Å². The zero-order valence-corrected chi connectivity index (χ0v) is 17.6. The molecule has 0 saturated heterocycles. The highest BCUT2D eigenvalue weighted by Crippen LogP contribution is 2.56. The first-order valence-electron chi connectivity index (χ1n) is 8.10. The van der Waals surface area contributed by atoms with Gasteiger partial charge < -0.3 is 9.84 Å². The monoisotopic (exact) mass is 480 g/mol. The van der Waals surface area contributed by atoms with Gasteiger partial charge in [-0.2, -0.15) is 0 Å². The fourth-order valence-electron chi connectivity index (χ4n) is 3.83. The van der Waals surface area contributed by atoms with Crippen LogP contribution in [0.4, 0.5) is 0 Å². The summed E-state index contributed by atoms with van der Waals surface area (Å²) in [5.41, 5.74) is 1.74. The van der Waals surface area contributed by atoms with Crippen LogP contribution in [0.25, 0.3) is 0 Å². The molecule has 0 aromatic heterocycles. The number of allylic oxidation sites excluding steroid dienone is 5. The number of ether oxygens (including phenoxy) is 1. The van der Waals surface area contributed by atoms with Crippen molar-refractivity contribution >= 4 is 43.4 Å². The summed E-state index contributed by atoms with van der Waals surface area (Å²) in [6.07, 6.45) is 5.40. The minimum absolute atomic E-state index is 0.0561. The molecule has 0 fully saturated rings. The van der Waals surface area contributed by atoms with E-state index >= 15 is 0 Å². The molecular weight excluding hydrogens is 464 g/mol. The van der Waals surface area contributed by atoms with E-state index in [-0.39, 0.29) is 23.1 Å². The summed E-state index contributed by atoms with van der Waals surface area (Å²) in [5.74, 6) is -1.14. The second-order valence-corrected chi connectivity index (χ2v) is 8.73. The number of hydrogen-bond acceptors (Lipinski definition) is 4. The summed E-state index contributed by atoms with van der Waals surface area (Å²) in [6.45, 7) is 5.52. The van der Waals surface area contributed by atoms with Gasteiger partial charge in [0.15, 0.2) is 23.1 Å². The molecule has 0 heterocycles. The Kier molecular flexibility index (Phi) is 5.01. The Morgan fingerprint density at radius 3 is 2.69 bits per heavy atom. The van der Waals surface area contributed by atoms with Crippen LogP contribution < -0.4 is 4.74 Å². The number of Topliss-reactive ketones (excluding diaryl/α,β-unsaturated/α-hetero) is 1. The fraction of sp³-hybridized carbons (Fsp3) is 0.300. The molecule has 0 aliphatic heterocycles. The number of fused-ring (bicyclic) bond motifs is 1. The number of phenols is 1. The largest absolute Gasteiger partial charge is 0.504 e. The summed E-state index contributed by atoms with van der Waals surface area (Å²) in [4.78, 5) is 25.8. The Balaban J connectivity index is 2.30. The van der Waals surface area contributed by atoms with Crippen molar-refractivity contribution in [3.63, 3.8) is 0 Å². The first kappa shape index (κ1) is 19.1. The SMILES string of the molecule is C=CC1=CC[C@H]2C(=O)C(C)=CC(=O)[C@@]2(Br)[C@H]1c1cc(Br)cc(OC)c1O. The molecule has 2 aliphatic rings. The number of carbonyl (C=O) groups is 2. The number of methoxy groups -OCH3 is 1. The van der Waals surface area contributed by atoms with Crippen molar-refractivity contribution in [3.05, 3.63) is 58.1 Å². The predicted octanol–water partition coefficient (Wildman–Crippen LogP) is 4.61. The van der Waals surface area contributed by atoms with E-state index in [0.717, 1.165) is 5.57 Å². The highest BCUT2D eigenvalue weighted by molar-refractivity contribution is 9.10. The molecule has 1 N–H and O–H groups in total. The molecule has 0 unspecified atom stereocenters. The third-order valence-electron chi connectivity index (χ3n) is 5.12. The predicted molar refractivity (Wildman–Crippen MR) is 107 cm³/mol. The Bertz CT molecular complexity index is 884. The molecule has 0 saturated carbocycles. The van der Waals surface area contributed by atoms with Crippen molar-refractivity contribution < 1.29 is 19.4 Å². The molecule has 6 heteroatoms. The smallest absolute Gasteiger partial charge is 0.174 e. The zero-order chi connectivity index (χ0) is 19.2. The van der Waals surface area contributed by atoms with Gasteiger partial charge in [0.2, 0.25) is 0 Å². The first-order valence-corrected chi connectivity index (χ1v) is 9.69.